The van der Waals surface area contributed by atoms with E-state index in [1.165, 1.54) is 25.3 Å². The number of nitrogens with zero attached hydrogens (tertiary/aromatic N) is 1. The SMILES string of the molecule is CC(C)C1CCCN(c2ccc(F)cc2CCl)CC1. The number of rotatable bonds is 3. The highest BCUT2D eigenvalue weighted by Gasteiger charge is 2.20. The molecule has 0 N–H and O–H groups in total. The molecular weight excluding hydrogens is 261 g/mol. The Morgan fingerprint density at radius 1 is 1.32 bits per heavy atom. The molecule has 1 atom stereocenters. The van der Waals surface area contributed by atoms with Crippen molar-refractivity contribution >= 4 is 17.3 Å². The molecule has 1 aliphatic heterocycles. The molecule has 0 bridgehead atoms. The average molecular weight is 284 g/mol. The molecule has 1 aromatic carbocycles. The molecule has 1 saturated heterocycles. The third-order valence-electron chi connectivity index (χ3n) is 4.24. The van der Waals surface area contributed by atoms with Gasteiger partial charge in [0.05, 0.1) is 0 Å². The van der Waals surface area contributed by atoms with Gasteiger partial charge in [-0.2, -0.15) is 0 Å². The van der Waals surface area contributed by atoms with Gasteiger partial charge in [-0.05, 0) is 54.9 Å². The van der Waals surface area contributed by atoms with Crippen LogP contribution in [0.3, 0.4) is 0 Å². The molecule has 106 valence electrons. The maximum atomic E-state index is 13.3. The van der Waals surface area contributed by atoms with Gasteiger partial charge in [0.25, 0.3) is 0 Å². The Hall–Kier alpha value is -0.760. The Labute approximate surface area is 120 Å². The Bertz CT molecular complexity index is 419. The summed E-state index contributed by atoms with van der Waals surface area (Å²) in [7, 11) is 0. The highest BCUT2D eigenvalue weighted by atomic mass is 35.5. The summed E-state index contributed by atoms with van der Waals surface area (Å²) in [5.41, 5.74) is 2.02. The van der Waals surface area contributed by atoms with E-state index in [1.807, 2.05) is 6.07 Å². The average Bonchev–Trinajstić information content (AvgIpc) is 2.64. The predicted octanol–water partition coefficient (Wildman–Crippen LogP) is 4.83. The van der Waals surface area contributed by atoms with Crippen LogP contribution in [0.1, 0.15) is 38.7 Å². The molecule has 1 aromatic rings. The molecular formula is C16H23ClFN. The summed E-state index contributed by atoms with van der Waals surface area (Å²) in [5.74, 6) is 1.73. The standard InChI is InChI=1S/C16H23ClFN/c1-12(2)13-4-3-8-19(9-7-13)16-6-5-15(18)10-14(16)11-17/h5-6,10,12-13H,3-4,7-9,11H2,1-2H3. The first kappa shape index (κ1) is 14.6. The van der Waals surface area contributed by atoms with Gasteiger partial charge < -0.3 is 4.90 Å². The fourth-order valence-electron chi connectivity index (χ4n) is 3.00. The predicted molar refractivity (Wildman–Crippen MR) is 80.3 cm³/mol. The van der Waals surface area contributed by atoms with Crippen LogP contribution < -0.4 is 4.90 Å². The van der Waals surface area contributed by atoms with Crippen LogP contribution >= 0.6 is 11.6 Å². The van der Waals surface area contributed by atoms with Crippen LogP contribution in [0.4, 0.5) is 10.1 Å². The molecule has 0 aromatic heterocycles. The largest absolute Gasteiger partial charge is 0.371 e. The lowest BCUT2D eigenvalue weighted by Gasteiger charge is -2.25. The first-order valence-corrected chi connectivity index (χ1v) is 7.74. The van der Waals surface area contributed by atoms with Crippen molar-refractivity contribution in [1.29, 1.82) is 0 Å². The fourth-order valence-corrected chi connectivity index (χ4v) is 3.21. The Kier molecular flexibility index (Phi) is 5.09. The summed E-state index contributed by atoms with van der Waals surface area (Å²) in [4.78, 5) is 2.37. The number of benzene rings is 1. The first-order valence-electron chi connectivity index (χ1n) is 7.21. The second kappa shape index (κ2) is 6.60. The minimum Gasteiger partial charge on any atom is -0.371 e. The zero-order chi connectivity index (χ0) is 13.8. The van der Waals surface area contributed by atoms with Crippen molar-refractivity contribution < 1.29 is 4.39 Å². The monoisotopic (exact) mass is 283 g/mol. The van der Waals surface area contributed by atoms with Crippen LogP contribution in [0.15, 0.2) is 18.2 Å². The van der Waals surface area contributed by atoms with Crippen molar-refractivity contribution in [2.75, 3.05) is 18.0 Å². The van der Waals surface area contributed by atoms with E-state index >= 15 is 0 Å². The minimum atomic E-state index is -0.200. The number of anilines is 1. The Morgan fingerprint density at radius 2 is 2.11 bits per heavy atom. The van der Waals surface area contributed by atoms with Gasteiger partial charge in [0, 0.05) is 24.7 Å². The maximum Gasteiger partial charge on any atom is 0.123 e. The first-order chi connectivity index (χ1) is 9.11. The second-order valence-electron chi connectivity index (χ2n) is 5.83. The third-order valence-corrected chi connectivity index (χ3v) is 4.53. The minimum absolute atomic E-state index is 0.200. The summed E-state index contributed by atoms with van der Waals surface area (Å²) < 4.78 is 13.3. The molecule has 1 aliphatic rings. The molecule has 0 radical (unpaired) electrons. The normalized spacial score (nSPS) is 20.7. The van der Waals surface area contributed by atoms with Crippen LogP contribution in [-0.4, -0.2) is 13.1 Å². The van der Waals surface area contributed by atoms with Gasteiger partial charge in [0.1, 0.15) is 5.82 Å². The van der Waals surface area contributed by atoms with Crippen molar-refractivity contribution in [3.63, 3.8) is 0 Å². The van der Waals surface area contributed by atoms with Gasteiger partial charge in [-0.25, -0.2) is 4.39 Å². The highest BCUT2D eigenvalue weighted by Crippen LogP contribution is 2.30. The van der Waals surface area contributed by atoms with Crippen molar-refractivity contribution in [2.45, 2.75) is 39.0 Å². The summed E-state index contributed by atoms with van der Waals surface area (Å²) in [6.07, 6.45) is 3.73. The molecule has 0 aliphatic carbocycles. The van der Waals surface area contributed by atoms with E-state index in [9.17, 15) is 4.39 Å². The van der Waals surface area contributed by atoms with Gasteiger partial charge in [-0.3, -0.25) is 0 Å². The molecule has 3 heteroatoms. The smallest absolute Gasteiger partial charge is 0.123 e. The van der Waals surface area contributed by atoms with Crippen LogP contribution in [-0.2, 0) is 5.88 Å². The molecule has 0 amide bonds. The molecule has 0 saturated carbocycles. The van der Waals surface area contributed by atoms with Crippen LogP contribution in [0.5, 0.6) is 0 Å². The Morgan fingerprint density at radius 3 is 2.79 bits per heavy atom. The van der Waals surface area contributed by atoms with Gasteiger partial charge >= 0.3 is 0 Å². The fraction of sp³-hybridized carbons (Fsp3) is 0.625. The number of hydrogen-bond acceptors (Lipinski definition) is 1. The number of halogens is 2. The van der Waals surface area contributed by atoms with E-state index in [4.69, 9.17) is 11.6 Å². The zero-order valence-electron chi connectivity index (χ0n) is 11.8. The lowest BCUT2D eigenvalue weighted by atomic mass is 9.89. The van der Waals surface area contributed by atoms with Crippen LogP contribution in [0.25, 0.3) is 0 Å². The molecule has 1 nitrogen and oxygen atoms in total. The van der Waals surface area contributed by atoms with Gasteiger partial charge in [0.2, 0.25) is 0 Å². The van der Waals surface area contributed by atoms with E-state index in [0.29, 0.717) is 5.88 Å². The van der Waals surface area contributed by atoms with Crippen molar-refractivity contribution in [2.24, 2.45) is 11.8 Å². The van der Waals surface area contributed by atoms with E-state index < -0.39 is 0 Å². The summed E-state index contributed by atoms with van der Waals surface area (Å²) in [5, 5.41) is 0. The summed E-state index contributed by atoms with van der Waals surface area (Å²) in [6, 6.07) is 4.98. The number of alkyl halides is 1. The quantitative estimate of drug-likeness (QED) is 0.719. The molecule has 0 spiro atoms. The Balaban J connectivity index is 2.14. The van der Waals surface area contributed by atoms with Gasteiger partial charge in [-0.1, -0.05) is 13.8 Å². The lowest BCUT2D eigenvalue weighted by molar-refractivity contribution is 0.351. The van der Waals surface area contributed by atoms with Crippen molar-refractivity contribution in [3.8, 4) is 0 Å². The van der Waals surface area contributed by atoms with E-state index in [2.05, 4.69) is 18.7 Å². The molecule has 19 heavy (non-hydrogen) atoms. The van der Waals surface area contributed by atoms with Gasteiger partial charge in [0.15, 0.2) is 0 Å². The van der Waals surface area contributed by atoms with Crippen molar-refractivity contribution in [3.05, 3.63) is 29.6 Å². The highest BCUT2D eigenvalue weighted by molar-refractivity contribution is 6.17. The third kappa shape index (κ3) is 3.62. The maximum absolute atomic E-state index is 13.3. The van der Waals surface area contributed by atoms with E-state index in [1.54, 1.807) is 6.07 Å². The molecule has 1 fully saturated rings. The summed E-state index contributed by atoms with van der Waals surface area (Å²) in [6.45, 7) is 6.72. The van der Waals surface area contributed by atoms with E-state index in [-0.39, 0.29) is 5.82 Å². The zero-order valence-corrected chi connectivity index (χ0v) is 12.6. The van der Waals surface area contributed by atoms with Crippen LogP contribution in [0, 0.1) is 17.7 Å². The second-order valence-corrected chi connectivity index (χ2v) is 6.10. The summed E-state index contributed by atoms with van der Waals surface area (Å²) >= 11 is 5.95. The topological polar surface area (TPSA) is 3.24 Å². The molecule has 2 rings (SSSR count). The number of hydrogen-bond donors (Lipinski definition) is 0. The van der Waals surface area contributed by atoms with Gasteiger partial charge in [-0.15, -0.1) is 11.6 Å². The molecule has 1 unspecified atom stereocenters. The lowest BCUT2D eigenvalue weighted by Crippen LogP contribution is -2.25. The molecule has 1 heterocycles. The van der Waals surface area contributed by atoms with Crippen molar-refractivity contribution in [1.82, 2.24) is 0 Å². The van der Waals surface area contributed by atoms with Crippen LogP contribution in [0.2, 0.25) is 0 Å². The van der Waals surface area contributed by atoms with E-state index in [0.717, 1.165) is 36.2 Å².